The highest BCUT2D eigenvalue weighted by Gasteiger charge is 2.12. The fraction of sp³-hybridized carbons (Fsp3) is 0.308. The van der Waals surface area contributed by atoms with Crippen LogP contribution in [-0.2, 0) is 9.59 Å². The maximum absolute atomic E-state index is 11.9. The van der Waals surface area contributed by atoms with Crippen molar-refractivity contribution in [3.8, 4) is 0 Å². The largest absolute Gasteiger partial charge is 0.351 e. The third-order valence-electron chi connectivity index (χ3n) is 2.37. The number of rotatable bonds is 6. The van der Waals surface area contributed by atoms with Crippen molar-refractivity contribution in [2.45, 2.75) is 6.92 Å². The van der Waals surface area contributed by atoms with E-state index in [1.807, 2.05) is 0 Å². The zero-order valence-electron chi connectivity index (χ0n) is 11.6. The minimum Gasteiger partial charge on any atom is -0.351 e. The number of nitrogens with one attached hydrogen (secondary N) is 3. The van der Waals surface area contributed by atoms with E-state index in [-0.39, 0.29) is 30.8 Å². The molecule has 0 bridgehead atoms. The van der Waals surface area contributed by atoms with Crippen LogP contribution in [0.25, 0.3) is 0 Å². The molecule has 0 radical (unpaired) electrons. The smallest absolute Gasteiger partial charge is 0.253 e. The second kappa shape index (κ2) is 9.73. The summed E-state index contributed by atoms with van der Waals surface area (Å²) in [7, 11) is 0. The maximum Gasteiger partial charge on any atom is 0.253 e. The summed E-state index contributed by atoms with van der Waals surface area (Å²) in [6, 6.07) is 6.61. The van der Waals surface area contributed by atoms with Crippen LogP contribution in [0, 0.1) is 0 Å². The molecule has 1 rings (SSSR count). The number of nitrogens with two attached hydrogens (primary N) is 1. The second-order valence-corrected chi connectivity index (χ2v) is 4.05. The summed E-state index contributed by atoms with van der Waals surface area (Å²) in [5.74, 6) is -1.01. The van der Waals surface area contributed by atoms with Gasteiger partial charge in [-0.15, -0.1) is 12.4 Å². The van der Waals surface area contributed by atoms with Gasteiger partial charge in [0.1, 0.15) is 0 Å². The molecule has 8 heteroatoms. The molecular weight excluding hydrogens is 296 g/mol. The van der Waals surface area contributed by atoms with Gasteiger partial charge in [-0.1, -0.05) is 12.1 Å². The van der Waals surface area contributed by atoms with Crippen molar-refractivity contribution >= 4 is 35.8 Å². The Bertz CT molecular complexity index is 508. The molecule has 0 unspecified atom stereocenters. The van der Waals surface area contributed by atoms with Gasteiger partial charge in [-0.25, -0.2) is 0 Å². The number of hydrogen-bond donors (Lipinski definition) is 4. The molecule has 0 atom stereocenters. The Morgan fingerprint density at radius 1 is 1.14 bits per heavy atom. The van der Waals surface area contributed by atoms with Gasteiger partial charge in [-0.05, 0) is 12.1 Å². The maximum atomic E-state index is 11.9. The number of carbonyl (C=O) groups excluding carboxylic acids is 3. The first kappa shape index (κ1) is 18.9. The molecule has 21 heavy (non-hydrogen) atoms. The number of para-hydroxylation sites is 1. The number of anilines is 1. The third-order valence-corrected chi connectivity index (χ3v) is 2.37. The summed E-state index contributed by atoms with van der Waals surface area (Å²) >= 11 is 0. The van der Waals surface area contributed by atoms with Gasteiger partial charge in [-0.3, -0.25) is 14.4 Å². The molecule has 0 saturated heterocycles. The standard InChI is InChI=1S/C13H18N4O3.ClH/c1-9(18)16-8-12(19)17-11-5-3-2-4-10(11)13(20)15-7-6-14;/h2-5H,6-8,14H2,1H3,(H,15,20)(H,16,18)(H,17,19);1H. The van der Waals surface area contributed by atoms with Crippen LogP contribution in [0.5, 0.6) is 0 Å². The van der Waals surface area contributed by atoms with Gasteiger partial charge < -0.3 is 21.7 Å². The highest BCUT2D eigenvalue weighted by Crippen LogP contribution is 2.14. The average molecular weight is 315 g/mol. The van der Waals surface area contributed by atoms with Crippen molar-refractivity contribution < 1.29 is 14.4 Å². The van der Waals surface area contributed by atoms with Gasteiger partial charge in [0.05, 0.1) is 17.8 Å². The van der Waals surface area contributed by atoms with E-state index >= 15 is 0 Å². The van der Waals surface area contributed by atoms with E-state index < -0.39 is 5.91 Å². The monoisotopic (exact) mass is 314 g/mol. The van der Waals surface area contributed by atoms with Gasteiger partial charge in [0.2, 0.25) is 11.8 Å². The zero-order chi connectivity index (χ0) is 15.0. The Morgan fingerprint density at radius 3 is 2.43 bits per heavy atom. The normalized spacial score (nSPS) is 9.24. The number of halogens is 1. The molecule has 0 saturated carbocycles. The topological polar surface area (TPSA) is 113 Å². The SMILES string of the molecule is CC(=O)NCC(=O)Nc1ccccc1C(=O)NCCN.Cl. The zero-order valence-corrected chi connectivity index (χ0v) is 12.5. The molecule has 116 valence electrons. The Kier molecular flexibility index (Phi) is 8.75. The molecule has 0 spiro atoms. The highest BCUT2D eigenvalue weighted by molar-refractivity contribution is 6.04. The lowest BCUT2D eigenvalue weighted by atomic mass is 10.1. The number of benzene rings is 1. The lowest BCUT2D eigenvalue weighted by molar-refractivity contribution is -0.122. The van der Waals surface area contributed by atoms with Gasteiger partial charge >= 0.3 is 0 Å². The van der Waals surface area contributed by atoms with E-state index in [2.05, 4.69) is 16.0 Å². The van der Waals surface area contributed by atoms with Crippen LogP contribution in [0.1, 0.15) is 17.3 Å². The van der Waals surface area contributed by atoms with Gasteiger partial charge in [0.25, 0.3) is 5.91 Å². The molecule has 0 heterocycles. The van der Waals surface area contributed by atoms with E-state index in [4.69, 9.17) is 5.73 Å². The molecule has 0 fully saturated rings. The van der Waals surface area contributed by atoms with Crippen LogP contribution < -0.4 is 21.7 Å². The van der Waals surface area contributed by atoms with Gasteiger partial charge in [0.15, 0.2) is 0 Å². The van der Waals surface area contributed by atoms with Gasteiger partial charge in [-0.2, -0.15) is 0 Å². The molecule has 7 nitrogen and oxygen atoms in total. The van der Waals surface area contributed by atoms with Crippen molar-refractivity contribution in [2.24, 2.45) is 5.73 Å². The highest BCUT2D eigenvalue weighted by atomic mass is 35.5. The Balaban J connectivity index is 0.00000400. The predicted molar refractivity (Wildman–Crippen MR) is 82.4 cm³/mol. The van der Waals surface area contributed by atoms with Crippen molar-refractivity contribution in [3.63, 3.8) is 0 Å². The first-order chi connectivity index (χ1) is 9.54. The first-order valence-corrected chi connectivity index (χ1v) is 6.16. The predicted octanol–water partition coefficient (Wildman–Crippen LogP) is -0.128. The quantitative estimate of drug-likeness (QED) is 0.586. The van der Waals surface area contributed by atoms with Crippen LogP contribution in [-0.4, -0.2) is 37.4 Å². The molecule has 3 amide bonds. The molecule has 1 aromatic rings. The fourth-order valence-electron chi connectivity index (χ4n) is 1.47. The molecule has 5 N–H and O–H groups in total. The molecule has 0 aliphatic rings. The minimum absolute atomic E-state index is 0. The Labute approximate surface area is 129 Å². The Hall–Kier alpha value is -2.12. The van der Waals surface area contributed by atoms with Crippen LogP contribution in [0.2, 0.25) is 0 Å². The Morgan fingerprint density at radius 2 is 1.81 bits per heavy atom. The van der Waals surface area contributed by atoms with Crippen LogP contribution >= 0.6 is 12.4 Å². The molecule has 0 aromatic heterocycles. The molecule has 0 aliphatic carbocycles. The van der Waals surface area contributed by atoms with Crippen molar-refractivity contribution in [1.82, 2.24) is 10.6 Å². The number of hydrogen-bond acceptors (Lipinski definition) is 4. The minimum atomic E-state index is -0.403. The molecule has 0 aliphatic heterocycles. The summed E-state index contributed by atoms with van der Waals surface area (Å²) < 4.78 is 0. The second-order valence-electron chi connectivity index (χ2n) is 4.05. The summed E-state index contributed by atoms with van der Waals surface area (Å²) in [5.41, 5.74) is 6.05. The van der Waals surface area contributed by atoms with E-state index in [1.54, 1.807) is 24.3 Å². The first-order valence-electron chi connectivity index (χ1n) is 6.16. The van der Waals surface area contributed by atoms with E-state index in [1.165, 1.54) is 6.92 Å². The summed E-state index contributed by atoms with van der Waals surface area (Å²) in [6.07, 6.45) is 0. The van der Waals surface area contributed by atoms with Crippen molar-refractivity contribution in [3.05, 3.63) is 29.8 Å². The van der Waals surface area contributed by atoms with Crippen LogP contribution in [0.15, 0.2) is 24.3 Å². The summed E-state index contributed by atoms with van der Waals surface area (Å²) in [5, 5.41) is 7.59. The van der Waals surface area contributed by atoms with Crippen LogP contribution in [0.3, 0.4) is 0 Å². The molecule has 1 aromatic carbocycles. The lowest BCUT2D eigenvalue weighted by Gasteiger charge is -2.11. The van der Waals surface area contributed by atoms with E-state index in [0.29, 0.717) is 24.3 Å². The van der Waals surface area contributed by atoms with Crippen LogP contribution in [0.4, 0.5) is 5.69 Å². The van der Waals surface area contributed by atoms with Crippen molar-refractivity contribution in [1.29, 1.82) is 0 Å². The summed E-state index contributed by atoms with van der Waals surface area (Å²) in [4.78, 5) is 34.2. The van der Waals surface area contributed by atoms with Crippen molar-refractivity contribution in [2.75, 3.05) is 25.0 Å². The average Bonchev–Trinajstić information content (AvgIpc) is 2.43. The lowest BCUT2D eigenvalue weighted by Crippen LogP contribution is -2.33. The van der Waals surface area contributed by atoms with Gasteiger partial charge in [0, 0.05) is 20.0 Å². The van der Waals surface area contributed by atoms with E-state index in [0.717, 1.165) is 0 Å². The molecular formula is C13H19ClN4O3. The third kappa shape index (κ3) is 6.73. The van der Waals surface area contributed by atoms with E-state index in [9.17, 15) is 14.4 Å². The fourth-order valence-corrected chi connectivity index (χ4v) is 1.47. The summed E-state index contributed by atoms with van der Waals surface area (Å²) in [6.45, 7) is 1.87. The number of amides is 3. The number of carbonyl (C=O) groups is 3.